The maximum Gasteiger partial charge on any atom is 0.408 e. The largest absolute Gasteiger partial charge is 0.444 e. The number of alkyl carbamates (subject to hydrolysis) is 1. The standard InChI is InChI=1S/C26H36FN5O4/c1-17(21-9-5-6-10-22(21)27)29-18-12-20(16-33)31(14-18)15-23(30-25(35)36-26(2,3)4)24(34)32-11-7-8-19(32)13-28/h5-6,9-10,16-20,23,29H,7-8,11-12,14-15H2,1-4H3,(H,30,35)/t17-,18?,19?,20?,23?/m0/s1. The molecule has 2 amide bonds. The van der Waals surface area contributed by atoms with Crippen LogP contribution in [0.1, 0.15) is 58.6 Å². The summed E-state index contributed by atoms with van der Waals surface area (Å²) in [6.45, 7) is 8.00. The predicted molar refractivity (Wildman–Crippen MR) is 131 cm³/mol. The van der Waals surface area contributed by atoms with E-state index in [9.17, 15) is 24.0 Å². The number of benzene rings is 1. The molecule has 9 nitrogen and oxygen atoms in total. The van der Waals surface area contributed by atoms with Gasteiger partial charge in [0.05, 0.1) is 12.1 Å². The lowest BCUT2D eigenvalue weighted by atomic mass is 10.1. The molecular weight excluding hydrogens is 465 g/mol. The molecule has 0 radical (unpaired) electrons. The zero-order valence-electron chi connectivity index (χ0n) is 21.4. The van der Waals surface area contributed by atoms with E-state index in [-0.39, 0.29) is 30.4 Å². The van der Waals surface area contributed by atoms with Gasteiger partial charge in [-0.25, -0.2) is 9.18 Å². The summed E-state index contributed by atoms with van der Waals surface area (Å²) in [5.41, 5.74) is -0.216. The second-order valence-electron chi connectivity index (χ2n) is 10.5. The van der Waals surface area contributed by atoms with Crippen molar-refractivity contribution in [1.29, 1.82) is 5.26 Å². The van der Waals surface area contributed by atoms with Gasteiger partial charge in [-0.3, -0.25) is 9.69 Å². The summed E-state index contributed by atoms with van der Waals surface area (Å²) in [4.78, 5) is 41.2. The Balaban J connectivity index is 1.73. The third-order valence-electron chi connectivity index (χ3n) is 6.56. The molecule has 0 bridgehead atoms. The topological polar surface area (TPSA) is 115 Å². The highest BCUT2D eigenvalue weighted by molar-refractivity contribution is 5.86. The summed E-state index contributed by atoms with van der Waals surface area (Å²) >= 11 is 0. The van der Waals surface area contributed by atoms with Gasteiger partial charge < -0.3 is 25.1 Å². The number of hydrogen-bond acceptors (Lipinski definition) is 7. The van der Waals surface area contributed by atoms with Gasteiger partial charge >= 0.3 is 6.09 Å². The highest BCUT2D eigenvalue weighted by Gasteiger charge is 2.39. The summed E-state index contributed by atoms with van der Waals surface area (Å²) in [6.07, 6.45) is 1.88. The average molecular weight is 502 g/mol. The monoisotopic (exact) mass is 501 g/mol. The first kappa shape index (κ1) is 27.6. The van der Waals surface area contributed by atoms with Crippen LogP contribution in [0, 0.1) is 17.1 Å². The minimum absolute atomic E-state index is 0.0857. The molecule has 2 N–H and O–H groups in total. The lowest BCUT2D eigenvalue weighted by Gasteiger charge is -2.31. The SMILES string of the molecule is C[C@H](NC1CC(C=O)N(CC(NC(=O)OC(C)(C)C)C(=O)N2CCCC2C#N)C1)c1ccccc1F. The number of carbonyl (C=O) groups excluding carboxylic acids is 3. The third kappa shape index (κ3) is 7.02. The van der Waals surface area contributed by atoms with E-state index in [1.807, 2.05) is 11.8 Å². The van der Waals surface area contributed by atoms with Crippen molar-refractivity contribution in [3.63, 3.8) is 0 Å². The Kier molecular flexibility index (Phi) is 9.03. The van der Waals surface area contributed by atoms with Crippen LogP contribution in [0.15, 0.2) is 24.3 Å². The lowest BCUT2D eigenvalue weighted by Crippen LogP contribution is -2.56. The number of amides is 2. The van der Waals surface area contributed by atoms with Crippen LogP contribution >= 0.6 is 0 Å². The fraction of sp³-hybridized carbons (Fsp3) is 0.615. The normalized spacial score (nSPS) is 24.1. The first-order chi connectivity index (χ1) is 17.0. The smallest absolute Gasteiger partial charge is 0.408 e. The number of aldehydes is 1. The highest BCUT2D eigenvalue weighted by atomic mass is 19.1. The maximum absolute atomic E-state index is 14.2. The second kappa shape index (κ2) is 11.8. The molecule has 2 heterocycles. The Morgan fingerprint density at radius 3 is 2.69 bits per heavy atom. The molecule has 2 aliphatic rings. The molecule has 10 heteroatoms. The zero-order valence-corrected chi connectivity index (χ0v) is 21.4. The van der Waals surface area contributed by atoms with E-state index < -0.39 is 29.8 Å². The van der Waals surface area contributed by atoms with E-state index in [1.54, 1.807) is 39.0 Å². The van der Waals surface area contributed by atoms with E-state index in [2.05, 4.69) is 16.7 Å². The van der Waals surface area contributed by atoms with Crippen LogP contribution in [0.2, 0.25) is 0 Å². The van der Waals surface area contributed by atoms with E-state index >= 15 is 0 Å². The quantitative estimate of drug-likeness (QED) is 0.526. The number of hydrogen-bond donors (Lipinski definition) is 2. The predicted octanol–water partition coefficient (Wildman–Crippen LogP) is 2.53. The van der Waals surface area contributed by atoms with Crippen molar-refractivity contribution in [3.8, 4) is 6.07 Å². The Hall–Kier alpha value is -3.03. The van der Waals surface area contributed by atoms with Crippen LogP contribution in [0.25, 0.3) is 0 Å². The number of nitriles is 1. The number of halogens is 1. The Bertz CT molecular complexity index is 991. The molecule has 4 unspecified atom stereocenters. The number of ether oxygens (including phenoxy) is 1. The van der Waals surface area contributed by atoms with Gasteiger partial charge in [-0.15, -0.1) is 0 Å². The Labute approximate surface area is 211 Å². The van der Waals surface area contributed by atoms with Crippen LogP contribution < -0.4 is 10.6 Å². The van der Waals surface area contributed by atoms with E-state index in [0.29, 0.717) is 37.9 Å². The Morgan fingerprint density at radius 2 is 2.06 bits per heavy atom. The molecule has 0 aliphatic carbocycles. The van der Waals surface area contributed by atoms with Crippen molar-refractivity contribution >= 4 is 18.3 Å². The number of nitrogens with one attached hydrogen (secondary N) is 2. The summed E-state index contributed by atoms with van der Waals surface area (Å²) in [7, 11) is 0. The summed E-state index contributed by atoms with van der Waals surface area (Å²) in [6, 6.07) is 6.29. The van der Waals surface area contributed by atoms with E-state index in [0.717, 1.165) is 6.29 Å². The van der Waals surface area contributed by atoms with Crippen LogP contribution in [0.5, 0.6) is 0 Å². The Morgan fingerprint density at radius 1 is 1.33 bits per heavy atom. The number of likely N-dealkylation sites (tertiary alicyclic amines) is 2. The minimum Gasteiger partial charge on any atom is -0.444 e. The molecule has 36 heavy (non-hydrogen) atoms. The van der Waals surface area contributed by atoms with Crippen molar-refractivity contribution in [2.45, 2.75) is 82.8 Å². The molecule has 0 aromatic heterocycles. The molecule has 3 rings (SSSR count). The average Bonchev–Trinajstić information content (AvgIpc) is 3.43. The van der Waals surface area contributed by atoms with Gasteiger partial charge in [0.2, 0.25) is 5.91 Å². The second-order valence-corrected chi connectivity index (χ2v) is 10.5. The number of carbonyl (C=O) groups is 3. The van der Waals surface area contributed by atoms with Gasteiger partial charge in [0, 0.05) is 37.3 Å². The molecule has 2 saturated heterocycles. The van der Waals surface area contributed by atoms with Gasteiger partial charge in [0.25, 0.3) is 0 Å². The van der Waals surface area contributed by atoms with Crippen LogP contribution in [0.4, 0.5) is 9.18 Å². The highest BCUT2D eigenvalue weighted by Crippen LogP contribution is 2.24. The minimum atomic E-state index is -0.987. The summed E-state index contributed by atoms with van der Waals surface area (Å²) in [5.74, 6) is -0.671. The molecule has 0 saturated carbocycles. The van der Waals surface area contributed by atoms with Crippen molar-refractivity contribution < 1.29 is 23.5 Å². The van der Waals surface area contributed by atoms with Crippen molar-refractivity contribution in [2.75, 3.05) is 19.6 Å². The summed E-state index contributed by atoms with van der Waals surface area (Å²) < 4.78 is 19.6. The van der Waals surface area contributed by atoms with Crippen molar-refractivity contribution in [2.24, 2.45) is 0 Å². The van der Waals surface area contributed by atoms with Gasteiger partial charge in [-0.1, -0.05) is 18.2 Å². The van der Waals surface area contributed by atoms with Gasteiger partial charge in [0.15, 0.2) is 0 Å². The van der Waals surface area contributed by atoms with Crippen molar-refractivity contribution in [1.82, 2.24) is 20.4 Å². The lowest BCUT2D eigenvalue weighted by molar-refractivity contribution is -0.134. The molecule has 1 aromatic carbocycles. The van der Waals surface area contributed by atoms with Crippen LogP contribution in [-0.2, 0) is 14.3 Å². The summed E-state index contributed by atoms with van der Waals surface area (Å²) in [5, 5.41) is 15.5. The molecule has 0 spiro atoms. The molecule has 1 aromatic rings. The molecule has 196 valence electrons. The van der Waals surface area contributed by atoms with Crippen LogP contribution in [-0.4, -0.2) is 77.5 Å². The molecular formula is C26H36FN5O4. The fourth-order valence-electron chi connectivity index (χ4n) is 4.91. The van der Waals surface area contributed by atoms with Crippen LogP contribution in [0.3, 0.4) is 0 Å². The maximum atomic E-state index is 14.2. The zero-order chi connectivity index (χ0) is 26.5. The van der Waals surface area contributed by atoms with E-state index in [4.69, 9.17) is 4.74 Å². The fourth-order valence-corrected chi connectivity index (χ4v) is 4.91. The number of nitrogens with zero attached hydrogens (tertiary/aromatic N) is 3. The van der Waals surface area contributed by atoms with Gasteiger partial charge in [-0.05, 0) is 53.0 Å². The van der Waals surface area contributed by atoms with E-state index in [1.165, 1.54) is 11.0 Å². The molecule has 2 aliphatic heterocycles. The van der Waals surface area contributed by atoms with Gasteiger partial charge in [0.1, 0.15) is 29.8 Å². The first-order valence-corrected chi connectivity index (χ1v) is 12.4. The molecule has 5 atom stereocenters. The van der Waals surface area contributed by atoms with Crippen molar-refractivity contribution in [3.05, 3.63) is 35.6 Å². The number of rotatable bonds is 8. The third-order valence-corrected chi connectivity index (χ3v) is 6.56. The molecule has 2 fully saturated rings. The van der Waals surface area contributed by atoms with Gasteiger partial charge in [-0.2, -0.15) is 5.26 Å². The first-order valence-electron chi connectivity index (χ1n) is 12.4.